The van der Waals surface area contributed by atoms with Crippen molar-refractivity contribution in [1.82, 2.24) is 9.78 Å². The maximum Gasteiger partial charge on any atom is 0.314 e. The van der Waals surface area contributed by atoms with Crippen molar-refractivity contribution in [2.24, 2.45) is 0 Å². The van der Waals surface area contributed by atoms with Gasteiger partial charge < -0.3 is 14.9 Å². The summed E-state index contributed by atoms with van der Waals surface area (Å²) in [4.78, 5) is 13.2. The molecule has 176 valence electrons. The van der Waals surface area contributed by atoms with Crippen molar-refractivity contribution in [3.8, 4) is 22.6 Å². The van der Waals surface area contributed by atoms with Gasteiger partial charge in [0, 0.05) is 17.9 Å². The van der Waals surface area contributed by atoms with Crippen LogP contribution in [0.3, 0.4) is 0 Å². The first-order chi connectivity index (χ1) is 15.3. The van der Waals surface area contributed by atoms with Crippen molar-refractivity contribution >= 4 is 9.84 Å². The van der Waals surface area contributed by atoms with Crippen LogP contribution in [0.4, 0.5) is 8.78 Å². The first kappa shape index (κ1) is 24.5. The van der Waals surface area contributed by atoms with Crippen LogP contribution in [-0.4, -0.2) is 53.0 Å². The predicted molar refractivity (Wildman–Crippen MR) is 116 cm³/mol. The Morgan fingerprint density at radius 1 is 1.12 bits per heavy atom. The molecule has 1 aromatic heterocycles. The summed E-state index contributed by atoms with van der Waals surface area (Å²) in [6.07, 6.45) is 0.936. The van der Waals surface area contributed by atoms with Crippen molar-refractivity contribution in [3.05, 3.63) is 70.6 Å². The highest BCUT2D eigenvalue weighted by Gasteiger charge is 2.26. The molecule has 2 N–H and O–H groups in total. The Balaban J connectivity index is 2.13. The molecule has 0 amide bonds. The third kappa shape index (κ3) is 5.44. The normalized spacial score (nSPS) is 13.1. The van der Waals surface area contributed by atoms with E-state index in [2.05, 4.69) is 5.10 Å². The van der Waals surface area contributed by atoms with Gasteiger partial charge in [-0.15, -0.1) is 0 Å². The third-order valence-corrected chi connectivity index (χ3v) is 6.00. The SMILES string of the molecule is CC(C)(O)C(O)COc1c(-c2ccc(S(C)(=O)=O)cc2)cnn(-c2ccc(F)c(F)c2)c1=O. The molecule has 0 aliphatic rings. The van der Waals surface area contributed by atoms with Gasteiger partial charge in [0.05, 0.1) is 22.4 Å². The van der Waals surface area contributed by atoms with Crippen molar-refractivity contribution in [3.63, 3.8) is 0 Å². The zero-order valence-electron chi connectivity index (χ0n) is 18.0. The van der Waals surface area contributed by atoms with Crippen LogP contribution in [0.1, 0.15) is 13.8 Å². The van der Waals surface area contributed by atoms with E-state index in [0.717, 1.165) is 29.1 Å². The van der Waals surface area contributed by atoms with Crippen molar-refractivity contribution < 1.29 is 32.1 Å². The number of aliphatic hydroxyl groups excluding tert-OH is 1. The maximum absolute atomic E-state index is 13.7. The lowest BCUT2D eigenvalue weighted by atomic mass is 10.0. The lowest BCUT2D eigenvalue weighted by molar-refractivity contribution is -0.0663. The van der Waals surface area contributed by atoms with Gasteiger partial charge in [-0.1, -0.05) is 12.1 Å². The number of hydrogen-bond donors (Lipinski definition) is 2. The van der Waals surface area contributed by atoms with E-state index in [1.54, 1.807) is 0 Å². The van der Waals surface area contributed by atoms with E-state index in [9.17, 15) is 32.2 Å². The molecule has 11 heteroatoms. The summed E-state index contributed by atoms with van der Waals surface area (Å²) < 4.78 is 56.8. The Morgan fingerprint density at radius 2 is 1.76 bits per heavy atom. The Bertz CT molecular complexity index is 1330. The highest BCUT2D eigenvalue weighted by molar-refractivity contribution is 7.90. The fourth-order valence-electron chi connectivity index (χ4n) is 2.83. The zero-order valence-corrected chi connectivity index (χ0v) is 18.8. The Hall–Kier alpha value is -3.15. The van der Waals surface area contributed by atoms with E-state index in [1.165, 1.54) is 44.3 Å². The standard InChI is InChI=1S/C22H22F2N2O6S/c1-22(2,29)19(27)12-32-20-16(13-4-7-15(8-5-13)33(3,30)31)11-25-26(21(20)28)14-6-9-17(23)18(24)10-14/h4-11,19,27,29H,12H2,1-3H3. The lowest BCUT2D eigenvalue weighted by Crippen LogP contribution is -2.40. The molecule has 1 heterocycles. The number of ether oxygens (including phenoxy) is 1. The minimum atomic E-state index is -3.45. The second-order valence-corrected chi connectivity index (χ2v) is 10.00. The molecule has 1 unspecified atom stereocenters. The molecule has 3 aromatic rings. The van der Waals surface area contributed by atoms with Gasteiger partial charge in [-0.2, -0.15) is 9.78 Å². The van der Waals surface area contributed by atoms with Gasteiger partial charge in [-0.25, -0.2) is 17.2 Å². The smallest absolute Gasteiger partial charge is 0.314 e. The molecule has 0 aliphatic heterocycles. The number of rotatable bonds is 7. The summed E-state index contributed by atoms with van der Waals surface area (Å²) in [7, 11) is -3.45. The summed E-state index contributed by atoms with van der Waals surface area (Å²) in [6.45, 7) is 2.25. The molecule has 0 spiro atoms. The van der Waals surface area contributed by atoms with Crippen LogP contribution in [0, 0.1) is 11.6 Å². The fourth-order valence-corrected chi connectivity index (χ4v) is 3.46. The highest BCUT2D eigenvalue weighted by atomic mass is 32.2. The molecule has 2 aromatic carbocycles. The van der Waals surface area contributed by atoms with Gasteiger partial charge in [-0.05, 0) is 43.7 Å². The number of aliphatic hydroxyl groups is 2. The molecule has 0 bridgehead atoms. The van der Waals surface area contributed by atoms with Crippen molar-refractivity contribution in [2.75, 3.05) is 12.9 Å². The van der Waals surface area contributed by atoms with E-state index < -0.39 is 45.3 Å². The molecule has 1 atom stereocenters. The minimum Gasteiger partial charge on any atom is -0.484 e. The van der Waals surface area contributed by atoms with Gasteiger partial charge in [0.2, 0.25) is 0 Å². The Kier molecular flexibility index (Phi) is 6.68. The average molecular weight is 480 g/mol. The number of aromatic nitrogens is 2. The van der Waals surface area contributed by atoms with Crippen LogP contribution in [0.5, 0.6) is 5.75 Å². The summed E-state index contributed by atoms with van der Waals surface area (Å²) in [5, 5.41) is 24.1. The average Bonchev–Trinajstić information content (AvgIpc) is 2.73. The first-order valence-electron chi connectivity index (χ1n) is 9.70. The molecule has 0 saturated heterocycles. The monoisotopic (exact) mass is 480 g/mol. The molecule has 0 radical (unpaired) electrons. The summed E-state index contributed by atoms with van der Waals surface area (Å²) >= 11 is 0. The Labute approximate surface area is 188 Å². The van der Waals surface area contributed by atoms with Crippen LogP contribution in [0.25, 0.3) is 16.8 Å². The van der Waals surface area contributed by atoms with E-state index in [-0.39, 0.29) is 21.9 Å². The molecular formula is C22H22F2N2O6S. The van der Waals surface area contributed by atoms with Gasteiger partial charge in [0.15, 0.2) is 27.2 Å². The number of benzene rings is 2. The van der Waals surface area contributed by atoms with Crippen LogP contribution in [0.2, 0.25) is 0 Å². The molecule has 0 saturated carbocycles. The number of hydrogen-bond acceptors (Lipinski definition) is 7. The second-order valence-electron chi connectivity index (χ2n) is 7.98. The highest BCUT2D eigenvalue weighted by Crippen LogP contribution is 2.28. The summed E-state index contributed by atoms with van der Waals surface area (Å²) in [5.41, 5.74) is -1.87. The van der Waals surface area contributed by atoms with Gasteiger partial charge in [0.25, 0.3) is 0 Å². The van der Waals surface area contributed by atoms with E-state index >= 15 is 0 Å². The van der Waals surface area contributed by atoms with Crippen LogP contribution in [-0.2, 0) is 9.84 Å². The second kappa shape index (κ2) is 9.00. The zero-order chi connectivity index (χ0) is 24.6. The van der Waals surface area contributed by atoms with E-state index in [4.69, 9.17) is 4.74 Å². The van der Waals surface area contributed by atoms with E-state index in [1.807, 2.05) is 0 Å². The molecule has 0 aliphatic carbocycles. The maximum atomic E-state index is 13.7. The number of halogens is 2. The number of sulfone groups is 1. The van der Waals surface area contributed by atoms with Gasteiger partial charge >= 0.3 is 5.56 Å². The van der Waals surface area contributed by atoms with Gasteiger partial charge in [-0.3, -0.25) is 4.79 Å². The van der Waals surface area contributed by atoms with Crippen LogP contribution < -0.4 is 10.3 Å². The summed E-state index contributed by atoms with van der Waals surface area (Å²) in [6, 6.07) is 8.39. The molecule has 33 heavy (non-hydrogen) atoms. The molecule has 0 fully saturated rings. The number of nitrogens with zero attached hydrogens (tertiary/aromatic N) is 2. The quantitative estimate of drug-likeness (QED) is 0.532. The molecule has 8 nitrogen and oxygen atoms in total. The molecular weight excluding hydrogens is 458 g/mol. The topological polar surface area (TPSA) is 119 Å². The predicted octanol–water partition coefficient (Wildman–Crippen LogP) is 2.09. The fraction of sp³-hybridized carbons (Fsp3) is 0.273. The first-order valence-corrected chi connectivity index (χ1v) is 11.6. The minimum absolute atomic E-state index is 0.0641. The largest absolute Gasteiger partial charge is 0.484 e. The van der Waals surface area contributed by atoms with E-state index in [0.29, 0.717) is 5.56 Å². The van der Waals surface area contributed by atoms with Crippen LogP contribution >= 0.6 is 0 Å². The van der Waals surface area contributed by atoms with Gasteiger partial charge in [0.1, 0.15) is 12.7 Å². The van der Waals surface area contributed by atoms with Crippen molar-refractivity contribution in [2.45, 2.75) is 30.4 Å². The summed E-state index contributed by atoms with van der Waals surface area (Å²) in [5.74, 6) is -2.56. The Morgan fingerprint density at radius 3 is 2.30 bits per heavy atom. The van der Waals surface area contributed by atoms with Crippen molar-refractivity contribution in [1.29, 1.82) is 0 Å². The molecule has 3 rings (SSSR count). The third-order valence-electron chi connectivity index (χ3n) is 4.88. The van der Waals surface area contributed by atoms with Crippen LogP contribution in [0.15, 0.2) is 58.4 Å². The lowest BCUT2D eigenvalue weighted by Gasteiger charge is -2.24.